The molecule has 100 valence electrons. The highest BCUT2D eigenvalue weighted by Crippen LogP contribution is 2.38. The highest BCUT2D eigenvalue weighted by Gasteiger charge is 2.10. The Morgan fingerprint density at radius 3 is 2.50 bits per heavy atom. The smallest absolute Gasteiger partial charge is 0.176 e. The minimum atomic E-state index is 0.156. The lowest BCUT2D eigenvalue weighted by Crippen LogP contribution is -1.90. The molecule has 3 rings (SSSR count). The molecule has 20 heavy (non-hydrogen) atoms. The van der Waals surface area contributed by atoms with E-state index in [1.165, 1.54) is 5.56 Å². The standard InChI is InChI=1S/C18H16O2/c1-12-7-10-17(13(2)11-12)20-18-15-6-4-3-5-14(15)8-9-16(18)19/h3-11,19H,1-2H3. The Morgan fingerprint density at radius 2 is 1.70 bits per heavy atom. The van der Waals surface area contributed by atoms with Crippen LogP contribution in [0, 0.1) is 13.8 Å². The predicted molar refractivity (Wildman–Crippen MR) is 81.6 cm³/mol. The van der Waals surface area contributed by atoms with Crippen molar-refractivity contribution in [2.24, 2.45) is 0 Å². The predicted octanol–water partition coefficient (Wildman–Crippen LogP) is 4.95. The SMILES string of the molecule is Cc1ccc(Oc2c(O)ccc3ccccc23)c(C)c1. The van der Waals surface area contributed by atoms with Crippen molar-refractivity contribution in [3.05, 3.63) is 65.7 Å². The maximum Gasteiger partial charge on any atom is 0.176 e. The Balaban J connectivity index is 2.12. The number of aryl methyl sites for hydroxylation is 2. The van der Waals surface area contributed by atoms with Crippen molar-refractivity contribution < 1.29 is 9.84 Å². The van der Waals surface area contributed by atoms with Gasteiger partial charge in [0.1, 0.15) is 5.75 Å². The second kappa shape index (κ2) is 4.89. The van der Waals surface area contributed by atoms with E-state index in [-0.39, 0.29) is 5.75 Å². The number of aromatic hydroxyl groups is 1. The van der Waals surface area contributed by atoms with Crippen molar-refractivity contribution in [2.45, 2.75) is 13.8 Å². The zero-order valence-corrected chi connectivity index (χ0v) is 11.6. The van der Waals surface area contributed by atoms with E-state index in [2.05, 4.69) is 6.07 Å². The van der Waals surface area contributed by atoms with E-state index in [1.54, 1.807) is 6.07 Å². The van der Waals surface area contributed by atoms with Gasteiger partial charge in [-0.05, 0) is 36.9 Å². The summed E-state index contributed by atoms with van der Waals surface area (Å²) in [4.78, 5) is 0. The topological polar surface area (TPSA) is 29.5 Å². The van der Waals surface area contributed by atoms with Crippen LogP contribution in [-0.2, 0) is 0 Å². The van der Waals surface area contributed by atoms with Crippen molar-refractivity contribution in [2.75, 3.05) is 0 Å². The van der Waals surface area contributed by atoms with Gasteiger partial charge in [-0.3, -0.25) is 0 Å². The first-order valence-electron chi connectivity index (χ1n) is 6.61. The molecule has 0 radical (unpaired) electrons. The van der Waals surface area contributed by atoms with E-state index >= 15 is 0 Å². The number of ether oxygens (including phenoxy) is 1. The molecule has 0 unspecified atom stereocenters. The molecule has 0 amide bonds. The number of hydrogen-bond donors (Lipinski definition) is 1. The minimum Gasteiger partial charge on any atom is -0.504 e. The molecule has 0 aliphatic heterocycles. The summed E-state index contributed by atoms with van der Waals surface area (Å²) >= 11 is 0. The van der Waals surface area contributed by atoms with E-state index in [1.807, 2.05) is 56.3 Å². The third-order valence-corrected chi connectivity index (χ3v) is 3.40. The highest BCUT2D eigenvalue weighted by atomic mass is 16.5. The van der Waals surface area contributed by atoms with Crippen LogP contribution in [0.1, 0.15) is 11.1 Å². The first kappa shape index (κ1) is 12.5. The van der Waals surface area contributed by atoms with E-state index in [4.69, 9.17) is 4.74 Å². The Morgan fingerprint density at radius 1 is 0.900 bits per heavy atom. The first-order chi connectivity index (χ1) is 9.65. The molecule has 0 saturated heterocycles. The summed E-state index contributed by atoms with van der Waals surface area (Å²) in [5.41, 5.74) is 2.24. The molecule has 0 bridgehead atoms. The van der Waals surface area contributed by atoms with E-state index in [0.29, 0.717) is 5.75 Å². The molecular formula is C18H16O2. The summed E-state index contributed by atoms with van der Waals surface area (Å²) in [6.45, 7) is 4.05. The molecule has 0 aromatic heterocycles. The fraction of sp³-hybridized carbons (Fsp3) is 0.111. The van der Waals surface area contributed by atoms with Gasteiger partial charge >= 0.3 is 0 Å². The highest BCUT2D eigenvalue weighted by molar-refractivity contribution is 5.90. The van der Waals surface area contributed by atoms with Crippen LogP contribution in [0.4, 0.5) is 0 Å². The number of hydrogen-bond acceptors (Lipinski definition) is 2. The molecule has 2 nitrogen and oxygen atoms in total. The maximum atomic E-state index is 10.1. The number of phenols is 1. The monoisotopic (exact) mass is 264 g/mol. The average Bonchev–Trinajstić information content (AvgIpc) is 2.44. The van der Waals surface area contributed by atoms with Gasteiger partial charge in [0.05, 0.1) is 0 Å². The number of rotatable bonds is 2. The Labute approximate surface area is 118 Å². The minimum absolute atomic E-state index is 0.156. The van der Waals surface area contributed by atoms with Crippen LogP contribution < -0.4 is 4.74 Å². The van der Waals surface area contributed by atoms with Gasteiger partial charge in [-0.15, -0.1) is 0 Å². The third kappa shape index (κ3) is 2.21. The summed E-state index contributed by atoms with van der Waals surface area (Å²) < 4.78 is 5.96. The molecule has 0 spiro atoms. The number of fused-ring (bicyclic) bond motifs is 1. The van der Waals surface area contributed by atoms with Crippen LogP contribution in [0.5, 0.6) is 17.2 Å². The molecule has 0 atom stereocenters. The van der Waals surface area contributed by atoms with Crippen LogP contribution in [0.25, 0.3) is 10.8 Å². The molecule has 0 aliphatic carbocycles. The molecule has 0 heterocycles. The van der Waals surface area contributed by atoms with E-state index in [9.17, 15) is 5.11 Å². The lowest BCUT2D eigenvalue weighted by molar-refractivity contribution is 0.414. The molecule has 0 saturated carbocycles. The molecule has 2 heteroatoms. The molecule has 0 aliphatic rings. The van der Waals surface area contributed by atoms with Crippen LogP contribution >= 0.6 is 0 Å². The fourth-order valence-corrected chi connectivity index (χ4v) is 2.36. The van der Waals surface area contributed by atoms with Gasteiger partial charge in [-0.1, -0.05) is 48.0 Å². The summed E-state index contributed by atoms with van der Waals surface area (Å²) in [6.07, 6.45) is 0. The second-order valence-electron chi connectivity index (χ2n) is 5.01. The second-order valence-corrected chi connectivity index (χ2v) is 5.01. The van der Waals surface area contributed by atoms with Gasteiger partial charge in [0, 0.05) is 5.39 Å². The van der Waals surface area contributed by atoms with Crippen molar-refractivity contribution in [1.82, 2.24) is 0 Å². The van der Waals surface area contributed by atoms with Crippen LogP contribution in [0.15, 0.2) is 54.6 Å². The lowest BCUT2D eigenvalue weighted by atomic mass is 10.1. The quantitative estimate of drug-likeness (QED) is 0.709. The van der Waals surface area contributed by atoms with Crippen molar-refractivity contribution in [3.8, 4) is 17.2 Å². The summed E-state index contributed by atoms with van der Waals surface area (Å²) in [6, 6.07) is 17.4. The zero-order chi connectivity index (χ0) is 14.1. The van der Waals surface area contributed by atoms with Crippen LogP contribution in [0.3, 0.4) is 0 Å². The van der Waals surface area contributed by atoms with Crippen molar-refractivity contribution in [1.29, 1.82) is 0 Å². The molecule has 0 fully saturated rings. The number of benzene rings is 3. The molecule has 3 aromatic carbocycles. The molecule has 1 N–H and O–H groups in total. The van der Waals surface area contributed by atoms with Gasteiger partial charge in [0.2, 0.25) is 0 Å². The average molecular weight is 264 g/mol. The Hall–Kier alpha value is -2.48. The van der Waals surface area contributed by atoms with Crippen LogP contribution in [0.2, 0.25) is 0 Å². The van der Waals surface area contributed by atoms with Gasteiger partial charge in [-0.2, -0.15) is 0 Å². The van der Waals surface area contributed by atoms with Gasteiger partial charge < -0.3 is 9.84 Å². The molecular weight excluding hydrogens is 248 g/mol. The van der Waals surface area contributed by atoms with Gasteiger partial charge in [0.25, 0.3) is 0 Å². The maximum absolute atomic E-state index is 10.1. The van der Waals surface area contributed by atoms with Crippen molar-refractivity contribution >= 4 is 10.8 Å². The normalized spacial score (nSPS) is 10.7. The summed E-state index contributed by atoms with van der Waals surface area (Å²) in [5.74, 6) is 1.43. The molecule has 3 aromatic rings. The largest absolute Gasteiger partial charge is 0.504 e. The summed E-state index contributed by atoms with van der Waals surface area (Å²) in [5, 5.41) is 12.0. The zero-order valence-electron chi connectivity index (χ0n) is 11.6. The first-order valence-corrected chi connectivity index (χ1v) is 6.61. The van der Waals surface area contributed by atoms with Crippen LogP contribution in [-0.4, -0.2) is 5.11 Å². The van der Waals surface area contributed by atoms with E-state index < -0.39 is 0 Å². The van der Waals surface area contributed by atoms with Gasteiger partial charge in [-0.25, -0.2) is 0 Å². The Bertz CT molecular complexity index is 775. The number of phenolic OH excluding ortho intramolecular Hbond substituents is 1. The fourth-order valence-electron chi connectivity index (χ4n) is 2.36. The Kier molecular flexibility index (Phi) is 3.07. The van der Waals surface area contributed by atoms with Gasteiger partial charge in [0.15, 0.2) is 11.5 Å². The summed E-state index contributed by atoms with van der Waals surface area (Å²) in [7, 11) is 0. The lowest BCUT2D eigenvalue weighted by Gasteiger charge is -2.13. The third-order valence-electron chi connectivity index (χ3n) is 3.40. The van der Waals surface area contributed by atoms with E-state index in [0.717, 1.165) is 22.1 Å². The van der Waals surface area contributed by atoms with Crippen molar-refractivity contribution in [3.63, 3.8) is 0 Å².